The first-order valence-corrected chi connectivity index (χ1v) is 7.27. The Balaban J connectivity index is 1.81. The Kier molecular flexibility index (Phi) is 3.97. The molecule has 0 aliphatic carbocycles. The first kappa shape index (κ1) is 13.8. The van der Waals surface area contributed by atoms with Gasteiger partial charge in [-0.2, -0.15) is 0 Å². The number of fused-ring (bicyclic) bond motifs is 1. The Labute approximate surface area is 124 Å². The maximum atomic E-state index is 12.4. The zero-order chi connectivity index (χ0) is 14.7. The third kappa shape index (κ3) is 3.11. The van der Waals surface area contributed by atoms with Gasteiger partial charge in [-0.25, -0.2) is 0 Å². The average Bonchev–Trinajstić information content (AvgIpc) is 2.53. The van der Waals surface area contributed by atoms with Crippen molar-refractivity contribution >= 4 is 16.8 Å². The summed E-state index contributed by atoms with van der Waals surface area (Å²) in [6.07, 6.45) is 3.14. The van der Waals surface area contributed by atoms with E-state index in [1.807, 2.05) is 37.3 Å². The third-order valence-corrected chi connectivity index (χ3v) is 3.74. The predicted molar refractivity (Wildman–Crippen MR) is 84.4 cm³/mol. The van der Waals surface area contributed by atoms with Crippen molar-refractivity contribution in [2.24, 2.45) is 0 Å². The Bertz CT molecular complexity index is 706. The first-order chi connectivity index (χ1) is 10.2. The van der Waals surface area contributed by atoms with Gasteiger partial charge < -0.3 is 10.6 Å². The van der Waals surface area contributed by atoms with Gasteiger partial charge in [-0.15, -0.1) is 0 Å². The molecule has 108 valence electrons. The lowest BCUT2D eigenvalue weighted by Gasteiger charge is -2.15. The lowest BCUT2D eigenvalue weighted by Crippen LogP contribution is -2.29. The van der Waals surface area contributed by atoms with Crippen molar-refractivity contribution in [1.82, 2.24) is 15.6 Å². The van der Waals surface area contributed by atoms with E-state index >= 15 is 0 Å². The molecule has 4 nitrogen and oxygen atoms in total. The smallest absolute Gasteiger partial charge is 0.253 e. The number of para-hydroxylation sites is 1. The Morgan fingerprint density at radius 2 is 2.24 bits per heavy atom. The summed E-state index contributed by atoms with van der Waals surface area (Å²) < 4.78 is 0. The highest BCUT2D eigenvalue weighted by Crippen LogP contribution is 2.17. The molecule has 1 aliphatic heterocycles. The average molecular weight is 281 g/mol. The van der Waals surface area contributed by atoms with Gasteiger partial charge in [0.1, 0.15) is 0 Å². The molecule has 0 spiro atoms. The number of aromatic nitrogens is 1. The summed E-state index contributed by atoms with van der Waals surface area (Å²) in [5.41, 5.74) is 3.62. The molecule has 0 radical (unpaired) electrons. The second kappa shape index (κ2) is 6.06. The minimum Gasteiger partial charge on any atom is -0.348 e. The second-order valence-corrected chi connectivity index (χ2v) is 5.33. The summed E-state index contributed by atoms with van der Waals surface area (Å²) in [7, 11) is 0. The van der Waals surface area contributed by atoms with Crippen molar-refractivity contribution in [1.29, 1.82) is 0 Å². The van der Waals surface area contributed by atoms with Crippen LogP contribution in [-0.4, -0.2) is 30.5 Å². The monoisotopic (exact) mass is 281 g/mol. The molecule has 21 heavy (non-hydrogen) atoms. The van der Waals surface area contributed by atoms with Crippen molar-refractivity contribution in [2.45, 2.75) is 13.3 Å². The van der Waals surface area contributed by atoms with Gasteiger partial charge in [0.15, 0.2) is 0 Å². The summed E-state index contributed by atoms with van der Waals surface area (Å²) in [5, 5.41) is 7.27. The van der Waals surface area contributed by atoms with Crippen LogP contribution in [0.2, 0.25) is 0 Å². The Morgan fingerprint density at radius 3 is 3.05 bits per heavy atom. The highest BCUT2D eigenvalue weighted by molar-refractivity contribution is 6.05. The van der Waals surface area contributed by atoms with Crippen LogP contribution in [0.5, 0.6) is 0 Å². The maximum absolute atomic E-state index is 12.4. The van der Waals surface area contributed by atoms with Crippen molar-refractivity contribution in [2.75, 3.05) is 19.6 Å². The van der Waals surface area contributed by atoms with Gasteiger partial charge >= 0.3 is 0 Å². The number of pyridine rings is 1. The summed E-state index contributed by atoms with van der Waals surface area (Å²) >= 11 is 0. The zero-order valence-corrected chi connectivity index (χ0v) is 12.1. The van der Waals surface area contributed by atoms with Crippen molar-refractivity contribution < 1.29 is 4.79 Å². The Morgan fingerprint density at radius 1 is 1.33 bits per heavy atom. The summed E-state index contributed by atoms with van der Waals surface area (Å²) in [5.74, 6) is -0.0573. The van der Waals surface area contributed by atoms with Crippen LogP contribution in [0.3, 0.4) is 0 Å². The molecule has 4 heteroatoms. The van der Waals surface area contributed by atoms with Crippen LogP contribution in [0.25, 0.3) is 10.9 Å². The van der Waals surface area contributed by atoms with Crippen LogP contribution >= 0.6 is 0 Å². The van der Waals surface area contributed by atoms with E-state index in [1.165, 1.54) is 5.57 Å². The highest BCUT2D eigenvalue weighted by atomic mass is 16.1. The van der Waals surface area contributed by atoms with Crippen molar-refractivity contribution in [3.8, 4) is 0 Å². The fraction of sp³-hybridized carbons (Fsp3) is 0.294. The van der Waals surface area contributed by atoms with Crippen LogP contribution in [0, 0.1) is 6.92 Å². The quantitative estimate of drug-likeness (QED) is 0.848. The van der Waals surface area contributed by atoms with E-state index in [2.05, 4.69) is 21.7 Å². The van der Waals surface area contributed by atoms with E-state index in [9.17, 15) is 4.79 Å². The van der Waals surface area contributed by atoms with Crippen LogP contribution < -0.4 is 10.6 Å². The molecule has 0 saturated carbocycles. The number of aryl methyl sites for hydroxylation is 1. The fourth-order valence-corrected chi connectivity index (χ4v) is 2.55. The van der Waals surface area contributed by atoms with Crippen LogP contribution in [0.15, 0.2) is 42.0 Å². The SMILES string of the molecule is Cc1ccc2cccc(C(=O)NCC3=CCNCC3)c2n1. The minimum atomic E-state index is -0.0573. The molecule has 2 heterocycles. The number of rotatable bonds is 3. The molecule has 0 bridgehead atoms. The highest BCUT2D eigenvalue weighted by Gasteiger charge is 2.12. The molecule has 0 atom stereocenters. The number of carbonyl (C=O) groups excluding carboxylic acids is 1. The number of hydrogen-bond acceptors (Lipinski definition) is 3. The topological polar surface area (TPSA) is 54.0 Å². The number of benzene rings is 1. The molecular weight excluding hydrogens is 262 g/mol. The molecule has 2 N–H and O–H groups in total. The zero-order valence-electron chi connectivity index (χ0n) is 12.1. The molecule has 0 saturated heterocycles. The lowest BCUT2D eigenvalue weighted by atomic mass is 10.1. The summed E-state index contributed by atoms with van der Waals surface area (Å²) in [4.78, 5) is 16.9. The van der Waals surface area contributed by atoms with Gasteiger partial charge in [-0.05, 0) is 32.0 Å². The standard InChI is InChI=1S/C17H19N3O/c1-12-5-6-14-3-2-4-15(16(14)20-12)17(21)19-11-13-7-9-18-10-8-13/h2-7,18H,8-11H2,1H3,(H,19,21). The minimum absolute atomic E-state index is 0.0573. The van der Waals surface area contributed by atoms with E-state index in [1.54, 1.807) is 0 Å². The molecule has 1 amide bonds. The van der Waals surface area contributed by atoms with Gasteiger partial charge in [-0.3, -0.25) is 9.78 Å². The summed E-state index contributed by atoms with van der Waals surface area (Å²) in [6, 6.07) is 9.68. The van der Waals surface area contributed by atoms with Gasteiger partial charge in [0, 0.05) is 24.2 Å². The number of amides is 1. The van der Waals surface area contributed by atoms with Gasteiger partial charge in [0.25, 0.3) is 5.91 Å². The third-order valence-electron chi connectivity index (χ3n) is 3.74. The molecule has 2 aromatic rings. The van der Waals surface area contributed by atoms with E-state index < -0.39 is 0 Å². The summed E-state index contributed by atoms with van der Waals surface area (Å²) in [6.45, 7) is 4.42. The van der Waals surface area contributed by atoms with Gasteiger partial charge in [0.05, 0.1) is 11.1 Å². The van der Waals surface area contributed by atoms with E-state index in [0.29, 0.717) is 12.1 Å². The molecule has 1 aromatic carbocycles. The molecule has 1 aromatic heterocycles. The molecule has 0 fully saturated rings. The van der Waals surface area contributed by atoms with Gasteiger partial charge in [0.2, 0.25) is 0 Å². The maximum Gasteiger partial charge on any atom is 0.253 e. The normalized spacial score (nSPS) is 14.8. The largest absolute Gasteiger partial charge is 0.348 e. The Hall–Kier alpha value is -2.20. The number of hydrogen-bond donors (Lipinski definition) is 2. The lowest BCUT2D eigenvalue weighted by molar-refractivity contribution is 0.0958. The van der Waals surface area contributed by atoms with Crippen LogP contribution in [-0.2, 0) is 0 Å². The second-order valence-electron chi connectivity index (χ2n) is 5.33. The van der Waals surface area contributed by atoms with Crippen molar-refractivity contribution in [3.05, 3.63) is 53.2 Å². The number of carbonyl (C=O) groups is 1. The molecule has 0 unspecified atom stereocenters. The van der Waals surface area contributed by atoms with Crippen LogP contribution in [0.1, 0.15) is 22.5 Å². The van der Waals surface area contributed by atoms with E-state index in [4.69, 9.17) is 0 Å². The first-order valence-electron chi connectivity index (χ1n) is 7.27. The number of nitrogens with one attached hydrogen (secondary N) is 2. The van der Waals surface area contributed by atoms with Gasteiger partial charge in [-0.1, -0.05) is 29.8 Å². The van der Waals surface area contributed by atoms with Crippen molar-refractivity contribution in [3.63, 3.8) is 0 Å². The molecular formula is C17H19N3O. The van der Waals surface area contributed by atoms with Crippen LogP contribution in [0.4, 0.5) is 0 Å². The van der Waals surface area contributed by atoms with E-state index in [-0.39, 0.29) is 5.91 Å². The predicted octanol–water partition coefficient (Wildman–Crippen LogP) is 2.19. The fourth-order valence-electron chi connectivity index (χ4n) is 2.55. The molecule has 1 aliphatic rings. The number of nitrogens with zero attached hydrogens (tertiary/aromatic N) is 1. The molecule has 3 rings (SSSR count). The van der Waals surface area contributed by atoms with E-state index in [0.717, 1.165) is 36.1 Å².